The minimum Gasteiger partial charge on any atom is -0.481 e. The quantitative estimate of drug-likeness (QED) is 0.734. The fourth-order valence-corrected chi connectivity index (χ4v) is 2.09. The molecule has 2 unspecified atom stereocenters. The summed E-state index contributed by atoms with van der Waals surface area (Å²) in [5, 5.41) is 8.71. The summed E-state index contributed by atoms with van der Waals surface area (Å²) in [5.41, 5.74) is 0. The number of aliphatic carboxylic acids is 1. The van der Waals surface area contributed by atoms with Crippen LogP contribution < -0.4 is 0 Å². The van der Waals surface area contributed by atoms with E-state index in [1.54, 1.807) is 6.92 Å². The first-order valence-corrected chi connectivity index (χ1v) is 5.76. The Morgan fingerprint density at radius 3 is 2.93 bits per heavy atom. The molecule has 0 spiro atoms. The van der Waals surface area contributed by atoms with Gasteiger partial charge in [0, 0.05) is 0 Å². The highest BCUT2D eigenvalue weighted by Gasteiger charge is 2.15. The SMILES string of the molecule is CC(CCCC1[CH]CCCC1)C(=O)O. The second-order valence-electron chi connectivity index (χ2n) is 4.45. The van der Waals surface area contributed by atoms with E-state index in [9.17, 15) is 4.79 Å². The smallest absolute Gasteiger partial charge is 0.306 e. The number of carbonyl (C=O) groups is 1. The van der Waals surface area contributed by atoms with Gasteiger partial charge in [-0.05, 0) is 25.2 Å². The van der Waals surface area contributed by atoms with Crippen molar-refractivity contribution in [3.8, 4) is 0 Å². The first-order chi connectivity index (χ1) is 6.70. The van der Waals surface area contributed by atoms with Crippen molar-refractivity contribution in [2.24, 2.45) is 11.8 Å². The van der Waals surface area contributed by atoms with Gasteiger partial charge in [-0.2, -0.15) is 0 Å². The van der Waals surface area contributed by atoms with Gasteiger partial charge in [0.05, 0.1) is 5.92 Å². The highest BCUT2D eigenvalue weighted by Crippen LogP contribution is 2.27. The van der Waals surface area contributed by atoms with E-state index in [0.29, 0.717) is 0 Å². The molecule has 0 heterocycles. The highest BCUT2D eigenvalue weighted by molar-refractivity contribution is 5.69. The first-order valence-electron chi connectivity index (χ1n) is 5.76. The molecule has 0 aromatic rings. The Bertz CT molecular complexity index is 171. The molecule has 0 bridgehead atoms. The van der Waals surface area contributed by atoms with Crippen LogP contribution in [0, 0.1) is 18.3 Å². The molecule has 14 heavy (non-hydrogen) atoms. The molecule has 0 aromatic heterocycles. The summed E-state index contributed by atoms with van der Waals surface area (Å²) in [6, 6.07) is 0. The molecule has 2 atom stereocenters. The van der Waals surface area contributed by atoms with E-state index in [2.05, 4.69) is 6.42 Å². The Labute approximate surface area is 86.7 Å². The molecular formula is C12H21O2. The Hall–Kier alpha value is -0.530. The third kappa shape index (κ3) is 4.12. The number of hydrogen-bond donors (Lipinski definition) is 1. The van der Waals surface area contributed by atoms with Crippen LogP contribution in [0.3, 0.4) is 0 Å². The standard InChI is InChI=1S/C12H21O2/c1-10(12(13)14)6-5-9-11-7-3-2-4-8-11/h7,10-11H,2-6,8-9H2,1H3,(H,13,14). The molecule has 81 valence electrons. The Morgan fingerprint density at radius 1 is 1.57 bits per heavy atom. The van der Waals surface area contributed by atoms with E-state index in [-0.39, 0.29) is 5.92 Å². The lowest BCUT2D eigenvalue weighted by Gasteiger charge is -2.21. The molecule has 2 nitrogen and oxygen atoms in total. The van der Waals surface area contributed by atoms with E-state index < -0.39 is 5.97 Å². The van der Waals surface area contributed by atoms with Crippen molar-refractivity contribution in [2.75, 3.05) is 0 Å². The average molecular weight is 197 g/mol. The molecule has 1 saturated carbocycles. The zero-order chi connectivity index (χ0) is 10.4. The second-order valence-corrected chi connectivity index (χ2v) is 4.45. The fourth-order valence-electron chi connectivity index (χ4n) is 2.09. The van der Waals surface area contributed by atoms with Crippen LogP contribution in [-0.4, -0.2) is 11.1 Å². The molecule has 0 aliphatic heterocycles. The minimum atomic E-state index is -0.655. The third-order valence-corrected chi connectivity index (χ3v) is 3.16. The van der Waals surface area contributed by atoms with Crippen LogP contribution in [0.25, 0.3) is 0 Å². The van der Waals surface area contributed by atoms with Gasteiger partial charge in [0.2, 0.25) is 0 Å². The van der Waals surface area contributed by atoms with Gasteiger partial charge in [-0.3, -0.25) is 4.79 Å². The van der Waals surface area contributed by atoms with Crippen LogP contribution in [0.2, 0.25) is 0 Å². The normalized spacial score (nSPS) is 20.6. The van der Waals surface area contributed by atoms with E-state index in [0.717, 1.165) is 18.8 Å². The number of rotatable bonds is 5. The van der Waals surface area contributed by atoms with E-state index in [1.165, 1.54) is 32.1 Å². The molecule has 0 saturated heterocycles. The predicted molar refractivity (Wildman–Crippen MR) is 56.9 cm³/mol. The predicted octanol–water partition coefficient (Wildman–Crippen LogP) is 3.27. The van der Waals surface area contributed by atoms with Crippen LogP contribution in [0.5, 0.6) is 0 Å². The number of carboxylic acids is 1. The topological polar surface area (TPSA) is 37.3 Å². The molecule has 1 rings (SSSR count). The lowest BCUT2D eigenvalue weighted by molar-refractivity contribution is -0.141. The summed E-state index contributed by atoms with van der Waals surface area (Å²) in [5.74, 6) is -0.0547. The van der Waals surface area contributed by atoms with Crippen LogP contribution in [0.1, 0.15) is 51.9 Å². The largest absolute Gasteiger partial charge is 0.481 e. The van der Waals surface area contributed by atoms with Crippen molar-refractivity contribution in [1.29, 1.82) is 0 Å². The lowest BCUT2D eigenvalue weighted by Crippen LogP contribution is -2.11. The molecule has 1 fully saturated rings. The molecule has 0 aromatic carbocycles. The van der Waals surface area contributed by atoms with Crippen LogP contribution in [-0.2, 0) is 4.79 Å². The van der Waals surface area contributed by atoms with Gasteiger partial charge in [-0.1, -0.05) is 39.0 Å². The Balaban J connectivity index is 2.05. The van der Waals surface area contributed by atoms with Gasteiger partial charge >= 0.3 is 5.97 Å². The molecule has 1 aliphatic rings. The van der Waals surface area contributed by atoms with E-state index in [1.807, 2.05) is 0 Å². The summed E-state index contributed by atoms with van der Waals surface area (Å²) in [4.78, 5) is 10.6. The second kappa shape index (κ2) is 6.05. The molecule has 1 aliphatic carbocycles. The van der Waals surface area contributed by atoms with Gasteiger partial charge in [0.25, 0.3) is 0 Å². The summed E-state index contributed by atoms with van der Waals surface area (Å²) < 4.78 is 0. The van der Waals surface area contributed by atoms with Gasteiger partial charge in [-0.15, -0.1) is 0 Å². The van der Waals surface area contributed by atoms with Crippen LogP contribution in [0.15, 0.2) is 0 Å². The molecule has 0 amide bonds. The van der Waals surface area contributed by atoms with Crippen LogP contribution >= 0.6 is 0 Å². The maximum atomic E-state index is 10.6. The van der Waals surface area contributed by atoms with Crippen molar-refractivity contribution in [1.82, 2.24) is 0 Å². The average Bonchev–Trinajstić information content (AvgIpc) is 2.19. The van der Waals surface area contributed by atoms with Gasteiger partial charge in [-0.25, -0.2) is 0 Å². The zero-order valence-corrected chi connectivity index (χ0v) is 9.04. The maximum Gasteiger partial charge on any atom is 0.306 e. The van der Waals surface area contributed by atoms with Gasteiger partial charge in [0.15, 0.2) is 0 Å². The maximum absolute atomic E-state index is 10.6. The first kappa shape index (κ1) is 11.5. The Morgan fingerprint density at radius 2 is 2.36 bits per heavy atom. The van der Waals surface area contributed by atoms with Crippen LogP contribution in [0.4, 0.5) is 0 Å². The van der Waals surface area contributed by atoms with Gasteiger partial charge < -0.3 is 5.11 Å². The van der Waals surface area contributed by atoms with Crippen molar-refractivity contribution in [3.05, 3.63) is 6.42 Å². The third-order valence-electron chi connectivity index (χ3n) is 3.16. The molecule has 2 heteroatoms. The van der Waals surface area contributed by atoms with E-state index >= 15 is 0 Å². The highest BCUT2D eigenvalue weighted by atomic mass is 16.4. The summed E-state index contributed by atoms with van der Waals surface area (Å²) >= 11 is 0. The zero-order valence-electron chi connectivity index (χ0n) is 9.04. The van der Waals surface area contributed by atoms with Crippen molar-refractivity contribution >= 4 is 5.97 Å². The summed E-state index contributed by atoms with van der Waals surface area (Å²) in [6.07, 6.45) is 10.8. The molecular weight excluding hydrogens is 176 g/mol. The summed E-state index contributed by atoms with van der Waals surface area (Å²) in [7, 11) is 0. The number of carboxylic acid groups (broad SMARTS) is 1. The number of hydrogen-bond acceptors (Lipinski definition) is 1. The fraction of sp³-hybridized carbons (Fsp3) is 0.833. The summed E-state index contributed by atoms with van der Waals surface area (Å²) in [6.45, 7) is 1.80. The minimum absolute atomic E-state index is 0.168. The van der Waals surface area contributed by atoms with Gasteiger partial charge in [0.1, 0.15) is 0 Å². The monoisotopic (exact) mass is 197 g/mol. The molecule has 1 radical (unpaired) electrons. The van der Waals surface area contributed by atoms with E-state index in [4.69, 9.17) is 5.11 Å². The van der Waals surface area contributed by atoms with Crippen molar-refractivity contribution in [2.45, 2.75) is 51.9 Å². The van der Waals surface area contributed by atoms with Crippen molar-refractivity contribution < 1.29 is 9.90 Å². The Kier molecular flexibility index (Phi) is 4.99. The lowest BCUT2D eigenvalue weighted by atomic mass is 9.85. The molecule has 1 N–H and O–H groups in total. The van der Waals surface area contributed by atoms with Crippen molar-refractivity contribution in [3.63, 3.8) is 0 Å².